The van der Waals surface area contributed by atoms with Crippen molar-refractivity contribution >= 4 is 23.4 Å². The van der Waals surface area contributed by atoms with Crippen LogP contribution >= 0.6 is 23.4 Å². The molecule has 0 spiro atoms. The van der Waals surface area contributed by atoms with Crippen molar-refractivity contribution in [2.75, 3.05) is 7.11 Å². The lowest BCUT2D eigenvalue weighted by Crippen LogP contribution is -2.04. The summed E-state index contributed by atoms with van der Waals surface area (Å²) in [5, 5.41) is 9.72. The first-order valence-electron chi connectivity index (χ1n) is 9.43. The van der Waals surface area contributed by atoms with Gasteiger partial charge in [-0.05, 0) is 59.7 Å². The maximum Gasteiger partial charge on any atom is 0.196 e. The van der Waals surface area contributed by atoms with Gasteiger partial charge >= 0.3 is 0 Å². The molecule has 0 radical (unpaired) electrons. The van der Waals surface area contributed by atoms with Crippen molar-refractivity contribution in [2.45, 2.75) is 17.3 Å². The number of thioether (sulfide) groups is 1. The highest BCUT2D eigenvalue weighted by Gasteiger charge is 2.16. The van der Waals surface area contributed by atoms with Crippen molar-refractivity contribution in [3.05, 3.63) is 100 Å². The highest BCUT2D eigenvalue weighted by atomic mass is 35.5. The average Bonchev–Trinajstić information content (AvgIpc) is 3.16. The molecule has 0 N–H and O–H groups in total. The number of benzene rings is 3. The molecule has 4 aromatic rings. The molecule has 0 atom stereocenters. The van der Waals surface area contributed by atoms with Crippen molar-refractivity contribution in [3.8, 4) is 11.4 Å². The van der Waals surface area contributed by atoms with E-state index in [-0.39, 0.29) is 11.6 Å². The van der Waals surface area contributed by atoms with Crippen LogP contribution in [-0.4, -0.2) is 21.9 Å². The van der Waals surface area contributed by atoms with E-state index in [2.05, 4.69) is 10.2 Å². The Morgan fingerprint density at radius 2 is 1.65 bits per heavy atom. The van der Waals surface area contributed by atoms with Crippen molar-refractivity contribution < 1.29 is 13.5 Å². The fraction of sp³-hybridized carbons (Fsp3) is 0.130. The van der Waals surface area contributed by atoms with Gasteiger partial charge in [0, 0.05) is 22.9 Å². The fourth-order valence-corrected chi connectivity index (χ4v) is 4.35. The van der Waals surface area contributed by atoms with E-state index in [0.717, 1.165) is 22.6 Å². The molecule has 0 aliphatic heterocycles. The van der Waals surface area contributed by atoms with E-state index in [1.165, 1.54) is 36.0 Å². The standard InChI is InChI=1S/C23H18ClF2N3OS/c1-30-20-10-2-15(3-11-20)12-22-27-28-23(29(22)19-8-6-17(25)7-9-19)31-14-16-4-5-18(26)13-21(16)24/h2-11,13H,12,14H2,1H3. The Labute approximate surface area is 187 Å². The molecule has 8 heteroatoms. The van der Waals surface area contributed by atoms with Crippen LogP contribution in [0.4, 0.5) is 8.78 Å². The predicted molar refractivity (Wildman–Crippen MR) is 118 cm³/mol. The number of hydrogen-bond acceptors (Lipinski definition) is 4. The van der Waals surface area contributed by atoms with Crippen molar-refractivity contribution in [1.82, 2.24) is 14.8 Å². The van der Waals surface area contributed by atoms with Gasteiger partial charge in [0.05, 0.1) is 7.11 Å². The zero-order valence-corrected chi connectivity index (χ0v) is 18.1. The summed E-state index contributed by atoms with van der Waals surface area (Å²) in [6, 6.07) is 18.2. The second-order valence-electron chi connectivity index (χ2n) is 6.76. The molecule has 4 rings (SSSR count). The average molecular weight is 458 g/mol. The Morgan fingerprint density at radius 3 is 2.32 bits per heavy atom. The number of ether oxygens (including phenoxy) is 1. The quantitative estimate of drug-likeness (QED) is 0.315. The SMILES string of the molecule is COc1ccc(Cc2nnc(SCc3ccc(F)cc3Cl)n2-c2ccc(F)cc2)cc1. The highest BCUT2D eigenvalue weighted by molar-refractivity contribution is 7.98. The van der Waals surface area contributed by atoms with Gasteiger partial charge in [0.1, 0.15) is 23.2 Å². The number of methoxy groups -OCH3 is 1. The van der Waals surface area contributed by atoms with Crippen molar-refractivity contribution in [1.29, 1.82) is 0 Å². The minimum absolute atomic E-state index is 0.319. The van der Waals surface area contributed by atoms with Crippen LogP contribution in [0.2, 0.25) is 5.02 Å². The molecular weight excluding hydrogens is 440 g/mol. The van der Waals surface area contributed by atoms with Gasteiger partial charge in [-0.25, -0.2) is 8.78 Å². The van der Waals surface area contributed by atoms with Crippen LogP contribution in [-0.2, 0) is 12.2 Å². The van der Waals surface area contributed by atoms with Gasteiger partial charge in [0.2, 0.25) is 0 Å². The molecule has 3 aromatic carbocycles. The first-order chi connectivity index (χ1) is 15.0. The molecule has 0 aliphatic carbocycles. The van der Waals surface area contributed by atoms with Crippen LogP contribution in [0.3, 0.4) is 0 Å². The maximum atomic E-state index is 13.5. The van der Waals surface area contributed by atoms with Gasteiger partial charge in [0.15, 0.2) is 5.16 Å². The van der Waals surface area contributed by atoms with E-state index in [9.17, 15) is 8.78 Å². The van der Waals surface area contributed by atoms with Crippen LogP contribution in [0, 0.1) is 11.6 Å². The Kier molecular flexibility index (Phi) is 6.53. The third-order valence-electron chi connectivity index (χ3n) is 4.68. The van der Waals surface area contributed by atoms with E-state index in [0.29, 0.717) is 28.2 Å². The highest BCUT2D eigenvalue weighted by Crippen LogP contribution is 2.29. The largest absolute Gasteiger partial charge is 0.497 e. The van der Waals surface area contributed by atoms with Crippen LogP contribution < -0.4 is 4.74 Å². The van der Waals surface area contributed by atoms with Gasteiger partial charge in [-0.1, -0.05) is 41.6 Å². The van der Waals surface area contributed by atoms with E-state index >= 15 is 0 Å². The Bertz CT molecular complexity index is 1180. The lowest BCUT2D eigenvalue weighted by Gasteiger charge is -2.11. The molecule has 31 heavy (non-hydrogen) atoms. The molecule has 0 saturated carbocycles. The van der Waals surface area contributed by atoms with Crippen LogP contribution in [0.25, 0.3) is 5.69 Å². The van der Waals surface area contributed by atoms with E-state index in [4.69, 9.17) is 16.3 Å². The molecule has 4 nitrogen and oxygen atoms in total. The zero-order chi connectivity index (χ0) is 21.8. The molecule has 158 valence electrons. The summed E-state index contributed by atoms with van der Waals surface area (Å²) in [4.78, 5) is 0. The van der Waals surface area contributed by atoms with Gasteiger partial charge in [-0.15, -0.1) is 10.2 Å². The van der Waals surface area contributed by atoms with Crippen LogP contribution in [0.5, 0.6) is 5.75 Å². The van der Waals surface area contributed by atoms with Crippen LogP contribution in [0.15, 0.2) is 71.9 Å². The maximum absolute atomic E-state index is 13.5. The summed E-state index contributed by atoms with van der Waals surface area (Å²) >= 11 is 7.58. The summed E-state index contributed by atoms with van der Waals surface area (Å²) in [6.45, 7) is 0. The Morgan fingerprint density at radius 1 is 0.935 bits per heavy atom. The summed E-state index contributed by atoms with van der Waals surface area (Å²) in [6.07, 6.45) is 0.534. The normalized spacial score (nSPS) is 11.0. The molecule has 1 aromatic heterocycles. The first kappa shape index (κ1) is 21.3. The Balaban J connectivity index is 1.65. The van der Waals surface area contributed by atoms with E-state index in [1.807, 2.05) is 28.8 Å². The third-order valence-corrected chi connectivity index (χ3v) is 6.01. The molecule has 0 saturated heterocycles. The van der Waals surface area contributed by atoms with E-state index in [1.54, 1.807) is 25.3 Å². The Hall–Kier alpha value is -2.90. The molecular formula is C23H18ClF2N3OS. The number of rotatable bonds is 7. The van der Waals surface area contributed by atoms with Gasteiger partial charge in [-0.3, -0.25) is 4.57 Å². The minimum Gasteiger partial charge on any atom is -0.497 e. The van der Waals surface area contributed by atoms with Crippen molar-refractivity contribution in [3.63, 3.8) is 0 Å². The summed E-state index contributed by atoms with van der Waals surface area (Å²) in [5.41, 5.74) is 2.58. The summed E-state index contributed by atoms with van der Waals surface area (Å²) < 4.78 is 33.9. The third kappa shape index (κ3) is 5.06. The molecule has 1 heterocycles. The zero-order valence-electron chi connectivity index (χ0n) is 16.6. The van der Waals surface area contributed by atoms with Gasteiger partial charge in [0.25, 0.3) is 0 Å². The number of halogens is 3. The lowest BCUT2D eigenvalue weighted by atomic mass is 10.1. The lowest BCUT2D eigenvalue weighted by molar-refractivity contribution is 0.414. The fourth-order valence-electron chi connectivity index (χ4n) is 3.06. The second kappa shape index (κ2) is 9.49. The van der Waals surface area contributed by atoms with Gasteiger partial charge < -0.3 is 4.74 Å². The second-order valence-corrected chi connectivity index (χ2v) is 8.11. The summed E-state index contributed by atoms with van der Waals surface area (Å²) in [5.74, 6) is 1.28. The van der Waals surface area contributed by atoms with Gasteiger partial charge in [-0.2, -0.15) is 0 Å². The van der Waals surface area contributed by atoms with Crippen molar-refractivity contribution in [2.24, 2.45) is 0 Å². The van der Waals surface area contributed by atoms with E-state index < -0.39 is 0 Å². The topological polar surface area (TPSA) is 39.9 Å². The summed E-state index contributed by atoms with van der Waals surface area (Å²) in [7, 11) is 1.62. The number of nitrogens with zero attached hydrogens (tertiary/aromatic N) is 3. The first-order valence-corrected chi connectivity index (χ1v) is 10.8. The number of aromatic nitrogens is 3. The predicted octanol–water partition coefficient (Wildman–Crippen LogP) is 6.09. The molecule has 0 aliphatic rings. The smallest absolute Gasteiger partial charge is 0.196 e. The molecule has 0 unspecified atom stereocenters. The monoisotopic (exact) mass is 457 g/mol. The molecule has 0 bridgehead atoms. The molecule has 0 amide bonds. The minimum atomic E-state index is -0.380. The molecule has 0 fully saturated rings. The number of hydrogen-bond donors (Lipinski definition) is 0. The van der Waals surface area contributed by atoms with Crippen LogP contribution in [0.1, 0.15) is 17.0 Å².